The highest BCUT2D eigenvalue weighted by Gasteiger charge is 2.23. The third-order valence-corrected chi connectivity index (χ3v) is 4.36. The third kappa shape index (κ3) is 4.60. The second-order valence-corrected chi connectivity index (χ2v) is 5.74. The molecule has 1 aliphatic rings. The van der Waals surface area contributed by atoms with Gasteiger partial charge in [0.25, 0.3) is 0 Å². The maximum Gasteiger partial charge on any atom is 0.237 e. The first-order valence-electron chi connectivity index (χ1n) is 7.64. The molecule has 1 aliphatic carbocycles. The van der Waals surface area contributed by atoms with Crippen molar-refractivity contribution in [2.24, 2.45) is 5.92 Å². The molecule has 0 heterocycles. The molecule has 1 amide bonds. The quantitative estimate of drug-likeness (QED) is 0.733. The van der Waals surface area contributed by atoms with Crippen LogP contribution in [0.2, 0.25) is 0 Å². The van der Waals surface area contributed by atoms with Crippen LogP contribution in [0, 0.1) is 5.92 Å². The van der Waals surface area contributed by atoms with Gasteiger partial charge < -0.3 is 10.6 Å². The fourth-order valence-electron chi connectivity index (χ4n) is 3.00. The smallest absolute Gasteiger partial charge is 0.237 e. The minimum atomic E-state index is -0.0822. The Morgan fingerprint density at radius 2 is 1.72 bits per heavy atom. The Morgan fingerprint density at radius 3 is 2.22 bits per heavy atom. The molecule has 1 fully saturated rings. The molecule has 0 aliphatic heterocycles. The second kappa shape index (κ2) is 7.78. The molecule has 2 unspecified atom stereocenters. The van der Waals surface area contributed by atoms with Gasteiger partial charge in [-0.25, -0.2) is 0 Å². The minimum Gasteiger partial charge on any atom is -0.352 e. The van der Waals surface area contributed by atoms with Crippen LogP contribution in [0.5, 0.6) is 0 Å². The number of nitrogens with one attached hydrogen (secondary N) is 2. The lowest BCUT2D eigenvalue weighted by molar-refractivity contribution is -0.123. The number of amides is 1. The fraction of sp³-hybridized carbons (Fsp3) is 0.933. The molecular formula is C15H30N2O. The molecule has 3 nitrogen and oxygen atoms in total. The van der Waals surface area contributed by atoms with Gasteiger partial charge in [-0.3, -0.25) is 4.79 Å². The molecule has 2 atom stereocenters. The van der Waals surface area contributed by atoms with E-state index in [1.54, 1.807) is 0 Å². The van der Waals surface area contributed by atoms with E-state index in [0.717, 1.165) is 12.8 Å². The van der Waals surface area contributed by atoms with E-state index in [0.29, 0.717) is 18.0 Å². The molecule has 0 spiro atoms. The topological polar surface area (TPSA) is 41.1 Å². The minimum absolute atomic E-state index is 0.0822. The molecule has 106 valence electrons. The van der Waals surface area contributed by atoms with Crippen molar-refractivity contribution in [1.29, 1.82) is 0 Å². The molecule has 0 saturated heterocycles. The third-order valence-electron chi connectivity index (χ3n) is 4.36. The summed E-state index contributed by atoms with van der Waals surface area (Å²) in [5.74, 6) is 0.825. The van der Waals surface area contributed by atoms with Gasteiger partial charge in [0.05, 0.1) is 6.04 Å². The lowest BCUT2D eigenvalue weighted by atomic mass is 9.95. The first-order chi connectivity index (χ1) is 8.58. The molecule has 0 bridgehead atoms. The lowest BCUT2D eigenvalue weighted by Gasteiger charge is -2.26. The predicted molar refractivity (Wildman–Crippen MR) is 76.5 cm³/mol. The summed E-state index contributed by atoms with van der Waals surface area (Å²) in [7, 11) is 0. The molecule has 0 aromatic rings. The van der Waals surface area contributed by atoms with Gasteiger partial charge in [0, 0.05) is 12.1 Å². The van der Waals surface area contributed by atoms with Crippen LogP contribution < -0.4 is 10.6 Å². The normalized spacial score (nSPS) is 20.1. The summed E-state index contributed by atoms with van der Waals surface area (Å²) >= 11 is 0. The Morgan fingerprint density at radius 1 is 1.17 bits per heavy atom. The summed E-state index contributed by atoms with van der Waals surface area (Å²) in [6.07, 6.45) is 7.16. The van der Waals surface area contributed by atoms with Gasteiger partial charge in [0.1, 0.15) is 0 Å². The van der Waals surface area contributed by atoms with Crippen molar-refractivity contribution in [2.45, 2.75) is 84.3 Å². The van der Waals surface area contributed by atoms with E-state index >= 15 is 0 Å². The van der Waals surface area contributed by atoms with Crippen LogP contribution in [-0.2, 0) is 4.79 Å². The Labute approximate surface area is 112 Å². The Hall–Kier alpha value is -0.570. The highest BCUT2D eigenvalue weighted by atomic mass is 16.2. The maximum absolute atomic E-state index is 12.1. The number of hydrogen-bond acceptors (Lipinski definition) is 2. The van der Waals surface area contributed by atoms with E-state index < -0.39 is 0 Å². The van der Waals surface area contributed by atoms with E-state index in [2.05, 4.69) is 31.4 Å². The van der Waals surface area contributed by atoms with E-state index in [1.165, 1.54) is 25.7 Å². The van der Waals surface area contributed by atoms with Gasteiger partial charge in [-0.2, -0.15) is 0 Å². The van der Waals surface area contributed by atoms with Crippen LogP contribution in [-0.4, -0.2) is 24.0 Å². The van der Waals surface area contributed by atoms with Crippen LogP contribution in [0.1, 0.15) is 66.2 Å². The summed E-state index contributed by atoms with van der Waals surface area (Å²) in [6, 6.07) is 0.746. The summed E-state index contributed by atoms with van der Waals surface area (Å²) in [5.41, 5.74) is 0. The lowest BCUT2D eigenvalue weighted by Crippen LogP contribution is -2.49. The number of carbonyl (C=O) groups excluding carboxylic acids is 1. The number of hydrogen-bond donors (Lipinski definition) is 2. The average molecular weight is 254 g/mol. The van der Waals surface area contributed by atoms with Crippen LogP contribution in [0.25, 0.3) is 0 Å². The van der Waals surface area contributed by atoms with Crippen molar-refractivity contribution in [3.05, 3.63) is 0 Å². The molecule has 0 aromatic carbocycles. The van der Waals surface area contributed by atoms with Gasteiger partial charge in [-0.15, -0.1) is 0 Å². The zero-order valence-corrected chi connectivity index (χ0v) is 12.5. The van der Waals surface area contributed by atoms with Gasteiger partial charge in [0.15, 0.2) is 0 Å². The highest BCUT2D eigenvalue weighted by molar-refractivity contribution is 5.81. The standard InChI is InChI=1S/C15H30N2O/c1-5-13(6-2)11(3)16-12(4)15(18)17-14-9-7-8-10-14/h11-14,16H,5-10H2,1-4H3,(H,17,18). The SMILES string of the molecule is CCC(CC)C(C)NC(C)C(=O)NC1CCCC1. The van der Waals surface area contributed by atoms with Gasteiger partial charge in [-0.05, 0) is 32.6 Å². The molecular weight excluding hydrogens is 224 g/mol. The molecule has 2 N–H and O–H groups in total. The predicted octanol–water partition coefficient (Wildman–Crippen LogP) is 2.85. The van der Waals surface area contributed by atoms with Crippen molar-refractivity contribution >= 4 is 5.91 Å². The molecule has 1 rings (SSSR count). The zero-order valence-electron chi connectivity index (χ0n) is 12.5. The fourth-order valence-corrected chi connectivity index (χ4v) is 3.00. The molecule has 0 aromatic heterocycles. The number of rotatable bonds is 7. The van der Waals surface area contributed by atoms with E-state index in [9.17, 15) is 4.79 Å². The molecule has 0 radical (unpaired) electrons. The van der Waals surface area contributed by atoms with Crippen molar-refractivity contribution in [3.8, 4) is 0 Å². The van der Waals surface area contributed by atoms with E-state index in [1.807, 2.05) is 6.92 Å². The van der Waals surface area contributed by atoms with Gasteiger partial charge in [0.2, 0.25) is 5.91 Å². The van der Waals surface area contributed by atoms with Crippen molar-refractivity contribution in [2.75, 3.05) is 0 Å². The monoisotopic (exact) mass is 254 g/mol. The largest absolute Gasteiger partial charge is 0.352 e. The van der Waals surface area contributed by atoms with Gasteiger partial charge >= 0.3 is 0 Å². The van der Waals surface area contributed by atoms with E-state index in [-0.39, 0.29) is 11.9 Å². The average Bonchev–Trinajstić information content (AvgIpc) is 2.83. The molecule has 18 heavy (non-hydrogen) atoms. The van der Waals surface area contributed by atoms with Gasteiger partial charge in [-0.1, -0.05) is 39.5 Å². The maximum atomic E-state index is 12.1. The van der Waals surface area contributed by atoms with Crippen molar-refractivity contribution in [1.82, 2.24) is 10.6 Å². The van der Waals surface area contributed by atoms with Crippen LogP contribution in [0.3, 0.4) is 0 Å². The van der Waals surface area contributed by atoms with Crippen LogP contribution >= 0.6 is 0 Å². The molecule has 3 heteroatoms. The van der Waals surface area contributed by atoms with Crippen LogP contribution in [0.15, 0.2) is 0 Å². The summed E-state index contributed by atoms with van der Waals surface area (Å²) in [4.78, 5) is 12.1. The van der Waals surface area contributed by atoms with Crippen LogP contribution in [0.4, 0.5) is 0 Å². The van der Waals surface area contributed by atoms with E-state index in [4.69, 9.17) is 0 Å². The summed E-state index contributed by atoms with van der Waals surface area (Å²) in [6.45, 7) is 8.60. The van der Waals surface area contributed by atoms with Crippen molar-refractivity contribution < 1.29 is 4.79 Å². The second-order valence-electron chi connectivity index (χ2n) is 5.74. The highest BCUT2D eigenvalue weighted by Crippen LogP contribution is 2.18. The summed E-state index contributed by atoms with van der Waals surface area (Å²) < 4.78 is 0. The first kappa shape index (κ1) is 15.5. The first-order valence-corrected chi connectivity index (χ1v) is 7.64. The zero-order chi connectivity index (χ0) is 13.5. The number of carbonyl (C=O) groups is 1. The molecule has 1 saturated carbocycles. The Balaban J connectivity index is 2.33. The Kier molecular flexibility index (Phi) is 6.69. The van der Waals surface area contributed by atoms with Crippen molar-refractivity contribution in [3.63, 3.8) is 0 Å². The Bertz CT molecular complexity index is 245. The summed E-state index contributed by atoms with van der Waals surface area (Å²) in [5, 5.41) is 6.60.